The van der Waals surface area contributed by atoms with Crippen LogP contribution in [-0.4, -0.2) is 39.0 Å². The van der Waals surface area contributed by atoms with Crippen LogP contribution in [0.2, 0.25) is 0 Å². The van der Waals surface area contributed by atoms with Crippen LogP contribution >= 0.6 is 0 Å². The van der Waals surface area contributed by atoms with Gasteiger partial charge in [-0.3, -0.25) is 9.48 Å². The van der Waals surface area contributed by atoms with Crippen molar-refractivity contribution in [3.05, 3.63) is 30.2 Å². The van der Waals surface area contributed by atoms with Gasteiger partial charge in [-0.1, -0.05) is 5.21 Å². The zero-order valence-corrected chi connectivity index (χ0v) is 11.1. The molecule has 0 saturated carbocycles. The first-order valence-electron chi connectivity index (χ1n) is 6.24. The molecule has 106 valence electrons. The maximum Gasteiger partial charge on any atom is 0.277 e. The Labute approximate surface area is 115 Å². The lowest BCUT2D eigenvalue weighted by atomic mass is 10.3. The second-order valence-electron chi connectivity index (χ2n) is 3.90. The van der Waals surface area contributed by atoms with E-state index in [1.54, 1.807) is 24.5 Å². The Morgan fingerprint density at radius 2 is 2.40 bits per heavy atom. The molecule has 1 amide bonds. The molecule has 0 aliphatic carbocycles. The first kappa shape index (κ1) is 13.9. The molecule has 0 fully saturated rings. The molecule has 0 unspecified atom stereocenters. The van der Waals surface area contributed by atoms with E-state index in [4.69, 9.17) is 10.5 Å². The van der Waals surface area contributed by atoms with Crippen LogP contribution in [0.1, 0.15) is 17.4 Å². The minimum Gasteiger partial charge on any atom is -0.476 e. The predicted molar refractivity (Wildman–Crippen MR) is 72.4 cm³/mol. The smallest absolute Gasteiger partial charge is 0.277 e. The number of hydrogen-bond donors (Lipinski definition) is 2. The van der Waals surface area contributed by atoms with Crippen molar-refractivity contribution in [3.8, 4) is 5.88 Å². The number of ether oxygens (including phenoxy) is 1. The van der Waals surface area contributed by atoms with E-state index in [2.05, 4.69) is 20.6 Å². The van der Waals surface area contributed by atoms with Crippen LogP contribution in [0.5, 0.6) is 5.88 Å². The highest BCUT2D eigenvalue weighted by atomic mass is 16.5. The number of nitrogens with two attached hydrogens (primary N) is 1. The number of carbonyl (C=O) groups excluding carboxylic acids is 1. The summed E-state index contributed by atoms with van der Waals surface area (Å²) in [5, 5.41) is 10.3. The van der Waals surface area contributed by atoms with Crippen molar-refractivity contribution in [1.29, 1.82) is 0 Å². The SMILES string of the molecule is CCOc1ncccc1NC(=O)c1cn(CCN)nn1. The monoisotopic (exact) mass is 276 g/mol. The summed E-state index contributed by atoms with van der Waals surface area (Å²) in [7, 11) is 0. The largest absolute Gasteiger partial charge is 0.476 e. The molecule has 2 rings (SSSR count). The fourth-order valence-electron chi connectivity index (χ4n) is 1.57. The zero-order valence-electron chi connectivity index (χ0n) is 11.1. The van der Waals surface area contributed by atoms with E-state index >= 15 is 0 Å². The minimum atomic E-state index is -0.373. The van der Waals surface area contributed by atoms with Gasteiger partial charge in [-0.05, 0) is 19.1 Å². The maximum absolute atomic E-state index is 12.0. The number of anilines is 1. The van der Waals surface area contributed by atoms with E-state index in [0.29, 0.717) is 31.3 Å². The van der Waals surface area contributed by atoms with Crippen LogP contribution in [0.4, 0.5) is 5.69 Å². The molecule has 2 aromatic rings. The lowest BCUT2D eigenvalue weighted by molar-refractivity contribution is 0.102. The van der Waals surface area contributed by atoms with Crippen LogP contribution in [0.25, 0.3) is 0 Å². The third-order valence-corrected chi connectivity index (χ3v) is 2.43. The molecule has 0 radical (unpaired) electrons. The fraction of sp³-hybridized carbons (Fsp3) is 0.333. The van der Waals surface area contributed by atoms with Gasteiger partial charge < -0.3 is 15.8 Å². The average molecular weight is 276 g/mol. The predicted octanol–water partition coefficient (Wildman–Crippen LogP) is 0.283. The molecule has 0 aliphatic rings. The van der Waals surface area contributed by atoms with Gasteiger partial charge in [0, 0.05) is 12.7 Å². The van der Waals surface area contributed by atoms with Gasteiger partial charge in [0.25, 0.3) is 5.91 Å². The van der Waals surface area contributed by atoms with Crippen LogP contribution in [0, 0.1) is 0 Å². The van der Waals surface area contributed by atoms with E-state index in [-0.39, 0.29) is 11.6 Å². The molecule has 8 nitrogen and oxygen atoms in total. The van der Waals surface area contributed by atoms with Gasteiger partial charge in [-0.2, -0.15) is 0 Å². The van der Waals surface area contributed by atoms with Crippen molar-refractivity contribution in [2.45, 2.75) is 13.5 Å². The van der Waals surface area contributed by atoms with Crippen molar-refractivity contribution >= 4 is 11.6 Å². The van der Waals surface area contributed by atoms with Gasteiger partial charge in [0.15, 0.2) is 5.69 Å². The summed E-state index contributed by atoms with van der Waals surface area (Å²) >= 11 is 0. The summed E-state index contributed by atoms with van der Waals surface area (Å²) in [5.74, 6) is -0.0000699. The number of carbonyl (C=O) groups is 1. The Hall–Kier alpha value is -2.48. The number of rotatable bonds is 6. The first-order valence-corrected chi connectivity index (χ1v) is 6.24. The molecular weight excluding hydrogens is 260 g/mol. The molecule has 0 bridgehead atoms. The second-order valence-corrected chi connectivity index (χ2v) is 3.90. The van der Waals surface area contributed by atoms with Crippen molar-refractivity contribution in [3.63, 3.8) is 0 Å². The lowest BCUT2D eigenvalue weighted by Gasteiger charge is -2.08. The van der Waals surface area contributed by atoms with Crippen LogP contribution < -0.4 is 15.8 Å². The van der Waals surface area contributed by atoms with Crippen LogP contribution in [-0.2, 0) is 6.54 Å². The summed E-state index contributed by atoms with van der Waals surface area (Å²) in [6, 6.07) is 3.42. The van der Waals surface area contributed by atoms with E-state index < -0.39 is 0 Å². The number of hydrogen-bond acceptors (Lipinski definition) is 6. The second kappa shape index (κ2) is 6.62. The van der Waals surface area contributed by atoms with Crippen molar-refractivity contribution in [2.75, 3.05) is 18.5 Å². The number of nitrogens with one attached hydrogen (secondary N) is 1. The Morgan fingerprint density at radius 3 is 3.15 bits per heavy atom. The normalized spacial score (nSPS) is 10.3. The summed E-state index contributed by atoms with van der Waals surface area (Å²) in [4.78, 5) is 16.1. The number of amides is 1. The van der Waals surface area contributed by atoms with E-state index in [9.17, 15) is 4.79 Å². The number of nitrogens with zero attached hydrogens (tertiary/aromatic N) is 4. The molecule has 3 N–H and O–H groups in total. The van der Waals surface area contributed by atoms with Gasteiger partial charge in [-0.25, -0.2) is 4.98 Å². The summed E-state index contributed by atoms with van der Waals surface area (Å²) in [5.41, 5.74) is 6.11. The molecule has 2 heterocycles. The Balaban J connectivity index is 2.10. The topological polar surface area (TPSA) is 108 Å². The third kappa shape index (κ3) is 3.29. The minimum absolute atomic E-state index is 0.213. The average Bonchev–Trinajstić information content (AvgIpc) is 2.90. The molecule has 0 aliphatic heterocycles. The zero-order chi connectivity index (χ0) is 14.4. The highest BCUT2D eigenvalue weighted by molar-refractivity contribution is 6.03. The van der Waals surface area contributed by atoms with Gasteiger partial charge in [-0.15, -0.1) is 5.10 Å². The number of pyridine rings is 1. The summed E-state index contributed by atoms with van der Waals surface area (Å²) in [6.45, 7) is 3.25. The van der Waals surface area contributed by atoms with Gasteiger partial charge in [0.05, 0.1) is 19.3 Å². The highest BCUT2D eigenvalue weighted by Gasteiger charge is 2.13. The highest BCUT2D eigenvalue weighted by Crippen LogP contribution is 2.20. The lowest BCUT2D eigenvalue weighted by Crippen LogP contribution is -2.14. The fourth-order valence-corrected chi connectivity index (χ4v) is 1.57. The molecule has 0 atom stereocenters. The van der Waals surface area contributed by atoms with Crippen molar-refractivity contribution < 1.29 is 9.53 Å². The van der Waals surface area contributed by atoms with Crippen molar-refractivity contribution in [2.24, 2.45) is 5.73 Å². The molecule has 8 heteroatoms. The molecule has 20 heavy (non-hydrogen) atoms. The van der Waals surface area contributed by atoms with Gasteiger partial charge in [0.1, 0.15) is 5.69 Å². The maximum atomic E-state index is 12.0. The molecule has 2 aromatic heterocycles. The summed E-state index contributed by atoms with van der Waals surface area (Å²) in [6.07, 6.45) is 3.14. The van der Waals surface area contributed by atoms with E-state index in [1.165, 1.54) is 4.68 Å². The summed E-state index contributed by atoms with van der Waals surface area (Å²) < 4.78 is 6.85. The number of aromatic nitrogens is 4. The molecule has 0 spiro atoms. The standard InChI is InChI=1S/C12H16N6O2/c1-2-20-12-9(4-3-6-14-12)15-11(19)10-8-18(7-5-13)17-16-10/h3-4,6,8H,2,5,7,13H2,1H3,(H,15,19). The van der Waals surface area contributed by atoms with Gasteiger partial charge in [0.2, 0.25) is 5.88 Å². The van der Waals surface area contributed by atoms with E-state index in [1.807, 2.05) is 6.92 Å². The molecular formula is C12H16N6O2. The van der Waals surface area contributed by atoms with Crippen LogP contribution in [0.3, 0.4) is 0 Å². The first-order chi connectivity index (χ1) is 9.74. The Morgan fingerprint density at radius 1 is 1.55 bits per heavy atom. The Kier molecular flexibility index (Phi) is 4.61. The van der Waals surface area contributed by atoms with Crippen LogP contribution in [0.15, 0.2) is 24.5 Å². The quantitative estimate of drug-likeness (QED) is 0.784. The third-order valence-electron chi connectivity index (χ3n) is 2.43. The van der Waals surface area contributed by atoms with Gasteiger partial charge >= 0.3 is 0 Å². The Bertz CT molecular complexity index is 583. The van der Waals surface area contributed by atoms with E-state index in [0.717, 1.165) is 0 Å². The van der Waals surface area contributed by atoms with Crippen molar-refractivity contribution in [1.82, 2.24) is 20.0 Å². The molecule has 0 aromatic carbocycles. The molecule has 0 saturated heterocycles.